The van der Waals surface area contributed by atoms with Gasteiger partial charge in [0.1, 0.15) is 15.6 Å². The fourth-order valence-electron chi connectivity index (χ4n) is 2.31. The van der Waals surface area contributed by atoms with E-state index in [0.29, 0.717) is 12.6 Å². The number of nitrogens with one attached hydrogen (secondary N) is 1. The van der Waals surface area contributed by atoms with E-state index in [9.17, 15) is 8.42 Å². The van der Waals surface area contributed by atoms with Crippen LogP contribution < -0.4 is 5.32 Å². The summed E-state index contributed by atoms with van der Waals surface area (Å²) < 4.78 is 27.5. The van der Waals surface area contributed by atoms with E-state index in [-0.39, 0.29) is 5.75 Å². The number of likely N-dealkylation sites (tertiary alicyclic amines) is 1. The van der Waals surface area contributed by atoms with Gasteiger partial charge in [0, 0.05) is 18.8 Å². The fourth-order valence-corrected chi connectivity index (χ4v) is 2.90. The monoisotopic (exact) mass is 286 g/mol. The summed E-state index contributed by atoms with van der Waals surface area (Å²) in [6, 6.07) is 4.36. The summed E-state index contributed by atoms with van der Waals surface area (Å²) in [6.45, 7) is 3.35. The van der Waals surface area contributed by atoms with Crippen LogP contribution in [0.3, 0.4) is 0 Å². The molecule has 1 aromatic rings. The second-order valence-corrected chi connectivity index (χ2v) is 7.47. The first-order valence-corrected chi connectivity index (χ1v) is 8.75. The smallest absolute Gasteiger partial charge is 0.148 e. The molecule has 1 aliphatic rings. The van der Waals surface area contributed by atoms with E-state index in [4.69, 9.17) is 4.42 Å². The molecule has 0 radical (unpaired) electrons. The zero-order valence-corrected chi connectivity index (χ0v) is 12.2. The molecule has 108 valence electrons. The highest BCUT2D eigenvalue weighted by atomic mass is 32.2. The van der Waals surface area contributed by atoms with Gasteiger partial charge in [0.2, 0.25) is 0 Å². The van der Waals surface area contributed by atoms with Crippen LogP contribution in [-0.4, -0.2) is 51.0 Å². The van der Waals surface area contributed by atoms with Crippen LogP contribution in [-0.2, 0) is 16.4 Å². The lowest BCUT2D eigenvalue weighted by Crippen LogP contribution is -2.43. The van der Waals surface area contributed by atoms with Gasteiger partial charge >= 0.3 is 0 Å². The van der Waals surface area contributed by atoms with Crippen LogP contribution in [0, 0.1) is 0 Å². The molecule has 2 rings (SSSR count). The van der Waals surface area contributed by atoms with Crippen molar-refractivity contribution in [1.82, 2.24) is 10.2 Å². The molecule has 0 aliphatic carbocycles. The van der Waals surface area contributed by atoms with Crippen molar-refractivity contribution in [2.45, 2.75) is 25.4 Å². The lowest BCUT2D eigenvalue weighted by Gasteiger charge is -2.32. The summed E-state index contributed by atoms with van der Waals surface area (Å²) in [7, 11) is -2.85. The fraction of sp³-hybridized carbons (Fsp3) is 0.692. The molecule has 1 aliphatic heterocycles. The predicted octanol–water partition coefficient (Wildman–Crippen LogP) is 0.878. The molecule has 0 spiro atoms. The van der Waals surface area contributed by atoms with Gasteiger partial charge in [-0.2, -0.15) is 0 Å². The van der Waals surface area contributed by atoms with Gasteiger partial charge < -0.3 is 14.6 Å². The van der Waals surface area contributed by atoms with Crippen LogP contribution in [0.5, 0.6) is 0 Å². The molecular weight excluding hydrogens is 264 g/mol. The van der Waals surface area contributed by atoms with Crippen molar-refractivity contribution in [2.75, 3.05) is 31.6 Å². The minimum Gasteiger partial charge on any atom is -0.468 e. The van der Waals surface area contributed by atoms with Crippen LogP contribution in [0.1, 0.15) is 18.6 Å². The van der Waals surface area contributed by atoms with Crippen LogP contribution in [0.4, 0.5) is 0 Å². The number of hydrogen-bond acceptors (Lipinski definition) is 5. The molecule has 6 heteroatoms. The maximum Gasteiger partial charge on any atom is 0.148 e. The third-order valence-corrected chi connectivity index (χ3v) is 4.44. The summed E-state index contributed by atoms with van der Waals surface area (Å²) in [4.78, 5) is 2.23. The third-order valence-electron chi connectivity index (χ3n) is 3.51. The predicted molar refractivity (Wildman–Crippen MR) is 74.7 cm³/mol. The SMILES string of the molecule is CS(=O)(=O)CCN1CCC(NCc2ccco2)CC1. The van der Waals surface area contributed by atoms with Gasteiger partial charge in [0.15, 0.2) is 0 Å². The molecule has 0 bridgehead atoms. The molecule has 1 N–H and O–H groups in total. The second-order valence-electron chi connectivity index (χ2n) is 5.21. The Labute approximate surface area is 114 Å². The number of piperidine rings is 1. The first-order valence-electron chi connectivity index (χ1n) is 6.69. The van der Waals surface area contributed by atoms with Crippen molar-refractivity contribution >= 4 is 9.84 Å². The molecule has 1 aromatic heterocycles. The van der Waals surface area contributed by atoms with Crippen molar-refractivity contribution in [1.29, 1.82) is 0 Å². The lowest BCUT2D eigenvalue weighted by atomic mass is 10.1. The highest BCUT2D eigenvalue weighted by Crippen LogP contribution is 2.11. The number of nitrogens with zero attached hydrogens (tertiary/aromatic N) is 1. The first-order chi connectivity index (χ1) is 9.03. The summed E-state index contributed by atoms with van der Waals surface area (Å²) in [5, 5.41) is 3.48. The van der Waals surface area contributed by atoms with Gasteiger partial charge in [-0.1, -0.05) is 0 Å². The van der Waals surface area contributed by atoms with Crippen LogP contribution in [0.15, 0.2) is 22.8 Å². The van der Waals surface area contributed by atoms with Gasteiger partial charge in [-0.3, -0.25) is 0 Å². The molecule has 1 fully saturated rings. The summed E-state index contributed by atoms with van der Waals surface area (Å²) in [5.74, 6) is 1.22. The number of sulfone groups is 1. The van der Waals surface area contributed by atoms with E-state index in [0.717, 1.165) is 38.2 Å². The Kier molecular flexibility index (Phi) is 5.01. The minimum atomic E-state index is -2.85. The van der Waals surface area contributed by atoms with Gasteiger partial charge in [0.25, 0.3) is 0 Å². The normalized spacial score (nSPS) is 18.8. The topological polar surface area (TPSA) is 62.6 Å². The van der Waals surface area contributed by atoms with E-state index < -0.39 is 9.84 Å². The largest absolute Gasteiger partial charge is 0.468 e. The van der Waals surface area contributed by atoms with Crippen molar-refractivity contribution in [2.24, 2.45) is 0 Å². The van der Waals surface area contributed by atoms with E-state index in [1.807, 2.05) is 12.1 Å². The standard InChI is InChI=1S/C13H22N2O3S/c1-19(16,17)10-8-15-6-4-12(5-7-15)14-11-13-3-2-9-18-13/h2-3,9,12,14H,4-8,10-11H2,1H3. The van der Waals surface area contributed by atoms with E-state index >= 15 is 0 Å². The molecule has 0 saturated carbocycles. The maximum absolute atomic E-state index is 11.1. The van der Waals surface area contributed by atoms with E-state index in [2.05, 4.69) is 10.2 Å². The number of hydrogen-bond donors (Lipinski definition) is 1. The Bertz CT molecular complexity index is 462. The van der Waals surface area contributed by atoms with Gasteiger partial charge in [-0.25, -0.2) is 8.42 Å². The van der Waals surface area contributed by atoms with Crippen LogP contribution in [0.25, 0.3) is 0 Å². The maximum atomic E-state index is 11.1. The summed E-state index contributed by atoms with van der Waals surface area (Å²) in [6.07, 6.45) is 5.10. The zero-order chi connectivity index (χ0) is 13.7. The molecular formula is C13H22N2O3S. The van der Waals surface area contributed by atoms with Crippen LogP contribution >= 0.6 is 0 Å². The lowest BCUT2D eigenvalue weighted by molar-refractivity contribution is 0.205. The molecule has 19 heavy (non-hydrogen) atoms. The highest BCUT2D eigenvalue weighted by Gasteiger charge is 2.19. The molecule has 5 nitrogen and oxygen atoms in total. The van der Waals surface area contributed by atoms with Crippen molar-refractivity contribution < 1.29 is 12.8 Å². The number of furan rings is 1. The summed E-state index contributed by atoms with van der Waals surface area (Å²) >= 11 is 0. The van der Waals surface area contributed by atoms with Crippen molar-refractivity contribution in [3.8, 4) is 0 Å². The highest BCUT2D eigenvalue weighted by molar-refractivity contribution is 7.90. The minimum absolute atomic E-state index is 0.261. The molecule has 0 atom stereocenters. The summed E-state index contributed by atoms with van der Waals surface area (Å²) in [5.41, 5.74) is 0. The van der Waals surface area contributed by atoms with Crippen molar-refractivity contribution in [3.05, 3.63) is 24.2 Å². The molecule has 0 unspecified atom stereocenters. The van der Waals surface area contributed by atoms with Gasteiger partial charge in [-0.05, 0) is 38.1 Å². The first kappa shape index (κ1) is 14.6. The average Bonchev–Trinajstić information content (AvgIpc) is 2.87. The van der Waals surface area contributed by atoms with Gasteiger partial charge in [0.05, 0.1) is 18.6 Å². The third kappa shape index (κ3) is 5.34. The average molecular weight is 286 g/mol. The molecule has 1 saturated heterocycles. The Hall–Kier alpha value is -0.850. The zero-order valence-electron chi connectivity index (χ0n) is 11.3. The van der Waals surface area contributed by atoms with Gasteiger partial charge in [-0.15, -0.1) is 0 Å². The second kappa shape index (κ2) is 6.54. The van der Waals surface area contributed by atoms with Crippen LogP contribution in [0.2, 0.25) is 0 Å². The van der Waals surface area contributed by atoms with E-state index in [1.54, 1.807) is 6.26 Å². The van der Waals surface area contributed by atoms with Crippen molar-refractivity contribution in [3.63, 3.8) is 0 Å². The molecule has 0 amide bonds. The Morgan fingerprint density at radius 2 is 2.16 bits per heavy atom. The van der Waals surface area contributed by atoms with E-state index in [1.165, 1.54) is 6.26 Å². The molecule has 0 aromatic carbocycles. The Morgan fingerprint density at radius 3 is 2.74 bits per heavy atom. The Morgan fingerprint density at radius 1 is 1.42 bits per heavy atom. The quantitative estimate of drug-likeness (QED) is 0.841. The molecule has 2 heterocycles. The number of rotatable bonds is 6. The Balaban J connectivity index is 1.65.